The molecule has 0 spiro atoms. The van der Waals surface area contributed by atoms with E-state index < -0.39 is 35.6 Å². The zero-order chi connectivity index (χ0) is 47.0. The van der Waals surface area contributed by atoms with Crippen molar-refractivity contribution in [3.63, 3.8) is 0 Å². The van der Waals surface area contributed by atoms with Crippen molar-refractivity contribution in [2.75, 3.05) is 35.2 Å². The summed E-state index contributed by atoms with van der Waals surface area (Å²) in [6.45, 7) is 12.8. The van der Waals surface area contributed by atoms with Gasteiger partial charge >= 0.3 is 11.9 Å². The number of aliphatic carboxylic acids is 2. The molecule has 1 fully saturated rings. The van der Waals surface area contributed by atoms with Crippen molar-refractivity contribution in [3.8, 4) is 0 Å². The van der Waals surface area contributed by atoms with Gasteiger partial charge in [-0.3, -0.25) is 57.6 Å². The summed E-state index contributed by atoms with van der Waals surface area (Å²) in [5.74, 6) is -5.59. The summed E-state index contributed by atoms with van der Waals surface area (Å²) in [7, 11) is 7.54. The predicted octanol–water partition coefficient (Wildman–Crippen LogP) is 1.28. The minimum atomic E-state index is -0.941. The second-order valence-corrected chi connectivity index (χ2v) is 13.4. The predicted molar refractivity (Wildman–Crippen MR) is 232 cm³/mol. The summed E-state index contributed by atoms with van der Waals surface area (Å²) in [5, 5.41) is 26.2. The van der Waals surface area contributed by atoms with Crippen LogP contribution in [0.1, 0.15) is 116 Å². The minimum absolute atomic E-state index is 0. The van der Waals surface area contributed by atoms with E-state index in [-0.39, 0.29) is 119 Å². The monoisotopic (exact) mass is 882 g/mol. The molecule has 1 aliphatic rings. The number of hydrogen-bond acceptors (Lipinski definition) is 12. The summed E-state index contributed by atoms with van der Waals surface area (Å²) < 4.78 is 0. The van der Waals surface area contributed by atoms with Gasteiger partial charge in [0.15, 0.2) is 0 Å². The van der Waals surface area contributed by atoms with E-state index in [9.17, 15) is 57.5 Å². The molecule has 0 aromatic carbocycles. The van der Waals surface area contributed by atoms with Crippen LogP contribution in [-0.4, -0.2) is 121 Å². The topological polar surface area (TPSA) is 349 Å². The maximum atomic E-state index is 10.8. The van der Waals surface area contributed by atoms with Crippen LogP contribution in [0.2, 0.25) is 0 Å². The first-order chi connectivity index (χ1) is 26.5. The van der Waals surface area contributed by atoms with E-state index >= 15 is 0 Å². The third-order valence-electron chi connectivity index (χ3n) is 7.74. The molecule has 1 rings (SSSR count). The number of nitrogens with two attached hydrogens (primary N) is 2. The number of ketones is 2. The van der Waals surface area contributed by atoms with Gasteiger partial charge in [0.05, 0.1) is 11.8 Å². The van der Waals surface area contributed by atoms with Crippen molar-refractivity contribution in [3.05, 3.63) is 0 Å². The van der Waals surface area contributed by atoms with Gasteiger partial charge in [0.25, 0.3) is 0 Å². The van der Waals surface area contributed by atoms with Crippen LogP contribution in [0.3, 0.4) is 0 Å². The molecule has 8 amide bonds. The molecule has 6 atom stereocenters. The van der Waals surface area contributed by atoms with Crippen LogP contribution in [0.4, 0.5) is 0 Å². The number of likely N-dealkylation sites (tertiary alicyclic amines) is 1. The van der Waals surface area contributed by atoms with Gasteiger partial charge in [-0.15, -0.1) is 0 Å². The zero-order valence-corrected chi connectivity index (χ0v) is 36.1. The number of primary amides is 2. The van der Waals surface area contributed by atoms with Crippen molar-refractivity contribution in [1.82, 2.24) is 26.2 Å². The molecule has 61 heavy (non-hydrogen) atoms. The Hall–Kier alpha value is -5.76. The summed E-state index contributed by atoms with van der Waals surface area (Å²) >= 11 is 0. The van der Waals surface area contributed by atoms with Gasteiger partial charge in [-0.25, -0.2) is 0 Å². The number of Topliss-reactive ketones (excluding diaryl/α,β-unsaturated/α-hetero) is 2. The Kier molecular flexibility index (Phi) is 48.9. The SMILES string of the molecule is C.C.C.CC(=O)CC(C)C(C)=O.CC1CC(=O)N(C)C1=O.CNC(=O)C(C)CC(N)=O.CNC(=O)CC(C)C(=O)O.CNC(=O)CC(C)C(=O)O.CNC(=O)CC(C)C(N)=O. The van der Waals surface area contributed by atoms with E-state index in [0.29, 0.717) is 12.8 Å². The number of carboxylic acid groups (broad SMARTS) is 2. The van der Waals surface area contributed by atoms with Crippen molar-refractivity contribution in [2.45, 2.75) is 116 Å². The lowest BCUT2D eigenvalue weighted by Gasteiger charge is -2.05. The quantitative estimate of drug-likeness (QED) is 0.108. The molecule has 6 unspecified atom stereocenters. The molecular weight excluding hydrogens is 802 g/mol. The summed E-state index contributed by atoms with van der Waals surface area (Å²) in [4.78, 5) is 127. The van der Waals surface area contributed by atoms with Crippen molar-refractivity contribution >= 4 is 70.8 Å². The van der Waals surface area contributed by atoms with Crippen LogP contribution in [0, 0.1) is 35.5 Å². The first-order valence-electron chi connectivity index (χ1n) is 18.1. The van der Waals surface area contributed by atoms with E-state index in [1.165, 1.54) is 67.8 Å². The van der Waals surface area contributed by atoms with Gasteiger partial charge in [0.2, 0.25) is 47.3 Å². The van der Waals surface area contributed by atoms with Crippen LogP contribution < -0.4 is 32.7 Å². The number of nitrogens with one attached hydrogen (secondary N) is 4. The Morgan fingerprint density at radius 2 is 0.951 bits per heavy atom. The maximum absolute atomic E-state index is 10.8. The van der Waals surface area contributed by atoms with E-state index in [1.807, 2.05) is 0 Å². The summed E-state index contributed by atoms with van der Waals surface area (Å²) in [5.41, 5.74) is 9.79. The molecule has 0 saturated carbocycles. The fourth-order valence-electron chi connectivity index (χ4n) is 3.57. The fraction of sp³-hybridized carbons (Fsp3) is 0.700. The Balaban J connectivity index is -0.0000000912. The van der Waals surface area contributed by atoms with Crippen LogP contribution in [0.25, 0.3) is 0 Å². The van der Waals surface area contributed by atoms with Gasteiger partial charge < -0.3 is 47.7 Å². The minimum Gasteiger partial charge on any atom is -0.481 e. The number of imide groups is 1. The Morgan fingerprint density at radius 1 is 0.607 bits per heavy atom. The van der Waals surface area contributed by atoms with Crippen LogP contribution in [-0.2, 0) is 57.5 Å². The number of carbonyl (C=O) groups is 12. The van der Waals surface area contributed by atoms with Gasteiger partial charge in [0.1, 0.15) is 11.6 Å². The number of amides is 8. The normalized spacial score (nSPS) is 14.0. The fourth-order valence-corrected chi connectivity index (χ4v) is 3.57. The highest BCUT2D eigenvalue weighted by Gasteiger charge is 2.32. The van der Waals surface area contributed by atoms with Crippen molar-refractivity contribution < 1.29 is 67.7 Å². The molecule has 358 valence electrons. The average molecular weight is 882 g/mol. The molecule has 0 bridgehead atoms. The van der Waals surface area contributed by atoms with Gasteiger partial charge in [-0.1, -0.05) is 63.8 Å². The molecular formula is C40H79N7O14. The van der Waals surface area contributed by atoms with E-state index in [0.717, 1.165) is 0 Å². The lowest BCUT2D eigenvalue weighted by atomic mass is 10.0. The first kappa shape index (κ1) is 72.8. The highest BCUT2D eigenvalue weighted by molar-refractivity contribution is 6.03. The molecule has 0 aliphatic carbocycles. The van der Waals surface area contributed by atoms with Crippen LogP contribution in [0.5, 0.6) is 0 Å². The molecule has 0 radical (unpaired) electrons. The molecule has 1 heterocycles. The molecule has 21 nitrogen and oxygen atoms in total. The average Bonchev–Trinajstić information content (AvgIpc) is 3.35. The Morgan fingerprint density at radius 3 is 1.11 bits per heavy atom. The Bertz CT molecular complexity index is 1320. The lowest BCUT2D eigenvalue weighted by molar-refractivity contribution is -0.143. The number of carbonyl (C=O) groups excluding carboxylic acids is 10. The third-order valence-corrected chi connectivity index (χ3v) is 7.74. The molecule has 1 aliphatic heterocycles. The molecule has 0 aromatic heterocycles. The zero-order valence-electron chi connectivity index (χ0n) is 36.1. The van der Waals surface area contributed by atoms with E-state index in [1.54, 1.807) is 27.7 Å². The lowest BCUT2D eigenvalue weighted by Crippen LogP contribution is -2.28. The maximum Gasteiger partial charge on any atom is 0.306 e. The smallest absolute Gasteiger partial charge is 0.306 e. The van der Waals surface area contributed by atoms with Gasteiger partial charge in [-0.2, -0.15) is 0 Å². The number of hydrogen-bond donors (Lipinski definition) is 8. The van der Waals surface area contributed by atoms with E-state index in [4.69, 9.17) is 21.7 Å². The molecule has 0 aromatic rings. The largest absolute Gasteiger partial charge is 0.481 e. The van der Waals surface area contributed by atoms with Crippen LogP contribution in [0.15, 0.2) is 0 Å². The molecule has 21 heteroatoms. The first-order valence-corrected chi connectivity index (χ1v) is 18.1. The number of nitrogens with zero attached hydrogens (tertiary/aromatic N) is 1. The van der Waals surface area contributed by atoms with Crippen LogP contribution >= 0.6 is 0 Å². The van der Waals surface area contributed by atoms with E-state index in [2.05, 4.69) is 21.3 Å². The standard InChI is InChI=1S/C7H12O2.2C6H12N2O2.2C6H11NO3.C6H9NO2.3CH4/c1-5(7(3)9)4-6(2)8;1-4(6(7)10)3-5(9)8-2;1-4(3-5(7)9)6(10)8-2;2*1-4(6(9)10)3-5(8)7-2;1-4-3-5(8)7(2)6(4)9;;;/h5H,4H2,1-3H3;4H,3H2,1-2H3,(H2,7,10)(H,8,9);4H,3H2,1-2H3,(H2,7,9)(H,8,10);2*4H,3H2,1-2H3,(H,7,8)(H,9,10);4H,3H2,1-2H3;3*1H4. The highest BCUT2D eigenvalue weighted by Crippen LogP contribution is 2.15. The summed E-state index contributed by atoms with van der Waals surface area (Å²) in [6.07, 6.45) is 1.15. The van der Waals surface area contributed by atoms with Crippen molar-refractivity contribution in [2.24, 2.45) is 47.0 Å². The highest BCUT2D eigenvalue weighted by atomic mass is 16.4. The second kappa shape index (κ2) is 41.0. The molecule has 10 N–H and O–H groups in total. The Labute approximate surface area is 362 Å². The number of carboxylic acids is 2. The second-order valence-electron chi connectivity index (χ2n) is 13.4. The molecule has 1 saturated heterocycles. The summed E-state index contributed by atoms with van der Waals surface area (Å²) in [6, 6.07) is 0. The third kappa shape index (κ3) is 43.6. The van der Waals surface area contributed by atoms with Gasteiger partial charge in [0, 0.05) is 97.4 Å². The van der Waals surface area contributed by atoms with Gasteiger partial charge in [-0.05, 0) is 13.8 Å². The van der Waals surface area contributed by atoms with Crippen molar-refractivity contribution in [1.29, 1.82) is 0 Å². The number of rotatable bonds is 15.